The van der Waals surface area contributed by atoms with Crippen molar-refractivity contribution in [1.82, 2.24) is 30.4 Å². The topological polar surface area (TPSA) is 92.5 Å². The molecular weight excluding hydrogens is 531 g/mol. The van der Waals surface area contributed by atoms with Gasteiger partial charge in [0.1, 0.15) is 18.2 Å². The van der Waals surface area contributed by atoms with Crippen LogP contribution in [0.3, 0.4) is 0 Å². The molecule has 1 aliphatic rings. The standard InChI is InChI=1S/C23H32N8O.HI/c1-5-24-23(26-17-10-11-21-28-20(15-32-4)29-31(21)14-17)25-13-16-12-22(30(2)3)27-19-9-7-6-8-18(16)19;/h6-9,12,17H,5,10-11,13-15H2,1-4H3,(H2,24,25,26);1H. The summed E-state index contributed by atoms with van der Waals surface area (Å²) in [5.41, 5.74) is 2.14. The Morgan fingerprint density at radius 2 is 2.09 bits per heavy atom. The minimum atomic E-state index is 0. The van der Waals surface area contributed by atoms with Crippen molar-refractivity contribution in [2.45, 2.75) is 45.5 Å². The molecule has 0 saturated carbocycles. The number of para-hydroxylation sites is 1. The van der Waals surface area contributed by atoms with Gasteiger partial charge in [0.25, 0.3) is 0 Å². The van der Waals surface area contributed by atoms with E-state index in [1.165, 1.54) is 0 Å². The summed E-state index contributed by atoms with van der Waals surface area (Å²) in [6, 6.07) is 10.6. The predicted molar refractivity (Wildman–Crippen MR) is 142 cm³/mol. The number of aliphatic imine (C=N–C) groups is 1. The predicted octanol–water partition coefficient (Wildman–Crippen LogP) is 2.73. The molecular formula is C23H33IN8O. The molecule has 33 heavy (non-hydrogen) atoms. The first kappa shape index (κ1) is 25.2. The van der Waals surface area contributed by atoms with Gasteiger partial charge in [-0.1, -0.05) is 18.2 Å². The average Bonchev–Trinajstić information content (AvgIpc) is 3.19. The molecule has 2 aromatic heterocycles. The number of pyridine rings is 1. The van der Waals surface area contributed by atoms with Gasteiger partial charge in [-0.2, -0.15) is 5.10 Å². The fourth-order valence-corrected chi connectivity index (χ4v) is 3.94. The third kappa shape index (κ3) is 6.11. The Bertz CT molecular complexity index is 1100. The van der Waals surface area contributed by atoms with E-state index < -0.39 is 0 Å². The second-order valence-corrected chi connectivity index (χ2v) is 8.19. The van der Waals surface area contributed by atoms with Crippen molar-refractivity contribution in [2.75, 3.05) is 32.6 Å². The largest absolute Gasteiger partial charge is 0.377 e. The number of halogens is 1. The van der Waals surface area contributed by atoms with Crippen molar-refractivity contribution in [3.05, 3.63) is 47.5 Å². The van der Waals surface area contributed by atoms with Gasteiger partial charge in [-0.15, -0.1) is 24.0 Å². The number of benzene rings is 1. The molecule has 2 N–H and O–H groups in total. The van der Waals surface area contributed by atoms with Crippen LogP contribution in [0.2, 0.25) is 0 Å². The van der Waals surface area contributed by atoms with E-state index in [4.69, 9.17) is 14.7 Å². The Labute approximate surface area is 212 Å². The number of ether oxygens (including phenoxy) is 1. The highest BCUT2D eigenvalue weighted by molar-refractivity contribution is 14.0. The molecule has 1 aromatic carbocycles. The summed E-state index contributed by atoms with van der Waals surface area (Å²) in [6.07, 6.45) is 1.87. The molecule has 4 rings (SSSR count). The van der Waals surface area contributed by atoms with Crippen molar-refractivity contribution in [3.63, 3.8) is 0 Å². The maximum atomic E-state index is 5.17. The number of guanidine groups is 1. The molecule has 9 nitrogen and oxygen atoms in total. The number of aryl methyl sites for hydroxylation is 1. The number of fused-ring (bicyclic) bond motifs is 2. The van der Waals surface area contributed by atoms with E-state index in [2.05, 4.69) is 45.8 Å². The summed E-state index contributed by atoms with van der Waals surface area (Å²) < 4.78 is 7.15. The van der Waals surface area contributed by atoms with Gasteiger partial charge in [0.05, 0.1) is 18.6 Å². The molecule has 0 saturated heterocycles. The lowest BCUT2D eigenvalue weighted by atomic mass is 10.1. The fraction of sp³-hybridized carbons (Fsp3) is 0.478. The van der Waals surface area contributed by atoms with Crippen LogP contribution in [-0.2, 0) is 30.9 Å². The molecule has 0 aliphatic carbocycles. The molecule has 0 radical (unpaired) electrons. The van der Waals surface area contributed by atoms with Crippen LogP contribution in [-0.4, -0.2) is 59.5 Å². The molecule has 1 aliphatic heterocycles. The van der Waals surface area contributed by atoms with Crippen LogP contribution in [0, 0.1) is 0 Å². The highest BCUT2D eigenvalue weighted by Crippen LogP contribution is 2.23. The number of rotatable bonds is 7. The summed E-state index contributed by atoms with van der Waals surface area (Å²) in [4.78, 5) is 16.2. The van der Waals surface area contributed by atoms with Crippen molar-refractivity contribution < 1.29 is 4.74 Å². The van der Waals surface area contributed by atoms with Gasteiger partial charge in [0.2, 0.25) is 0 Å². The Morgan fingerprint density at radius 1 is 1.27 bits per heavy atom. The van der Waals surface area contributed by atoms with E-state index >= 15 is 0 Å². The summed E-state index contributed by atoms with van der Waals surface area (Å²) in [5.74, 6) is 3.51. The third-order valence-electron chi connectivity index (χ3n) is 5.51. The van der Waals surface area contributed by atoms with Gasteiger partial charge in [-0.25, -0.2) is 19.6 Å². The van der Waals surface area contributed by atoms with Crippen LogP contribution in [0.1, 0.15) is 30.6 Å². The lowest BCUT2D eigenvalue weighted by Gasteiger charge is -2.25. The van der Waals surface area contributed by atoms with Gasteiger partial charge in [0.15, 0.2) is 11.8 Å². The van der Waals surface area contributed by atoms with E-state index in [-0.39, 0.29) is 30.0 Å². The van der Waals surface area contributed by atoms with Crippen LogP contribution in [0.4, 0.5) is 5.82 Å². The van der Waals surface area contributed by atoms with Crippen LogP contribution in [0.25, 0.3) is 10.9 Å². The number of methoxy groups -OCH3 is 1. The maximum absolute atomic E-state index is 5.17. The molecule has 0 amide bonds. The Kier molecular flexibility index (Phi) is 8.84. The van der Waals surface area contributed by atoms with E-state index in [1.807, 2.05) is 35.8 Å². The zero-order valence-corrected chi connectivity index (χ0v) is 22.0. The monoisotopic (exact) mass is 564 g/mol. The number of hydrogen-bond acceptors (Lipinski definition) is 6. The first-order valence-corrected chi connectivity index (χ1v) is 11.1. The first-order valence-electron chi connectivity index (χ1n) is 11.1. The lowest BCUT2D eigenvalue weighted by Crippen LogP contribution is -2.47. The lowest BCUT2D eigenvalue weighted by molar-refractivity contribution is 0.177. The van der Waals surface area contributed by atoms with E-state index in [0.717, 1.165) is 65.8 Å². The van der Waals surface area contributed by atoms with Crippen LogP contribution in [0.15, 0.2) is 35.3 Å². The third-order valence-corrected chi connectivity index (χ3v) is 5.51. The maximum Gasteiger partial charge on any atom is 0.191 e. The number of aromatic nitrogens is 4. The molecule has 10 heteroatoms. The zero-order valence-electron chi connectivity index (χ0n) is 19.7. The molecule has 0 bridgehead atoms. The average molecular weight is 564 g/mol. The van der Waals surface area contributed by atoms with Crippen molar-refractivity contribution >= 4 is 46.7 Å². The Morgan fingerprint density at radius 3 is 2.85 bits per heavy atom. The molecule has 0 fully saturated rings. The first-order chi connectivity index (χ1) is 15.6. The van der Waals surface area contributed by atoms with Gasteiger partial charge < -0.3 is 20.3 Å². The van der Waals surface area contributed by atoms with E-state index in [0.29, 0.717) is 13.2 Å². The minimum absolute atomic E-state index is 0. The van der Waals surface area contributed by atoms with Crippen molar-refractivity contribution in [1.29, 1.82) is 0 Å². The van der Waals surface area contributed by atoms with Crippen molar-refractivity contribution in [3.8, 4) is 0 Å². The second-order valence-electron chi connectivity index (χ2n) is 8.19. The minimum Gasteiger partial charge on any atom is -0.377 e. The van der Waals surface area contributed by atoms with Gasteiger partial charge in [0, 0.05) is 45.6 Å². The summed E-state index contributed by atoms with van der Waals surface area (Å²) in [6.45, 7) is 4.65. The summed E-state index contributed by atoms with van der Waals surface area (Å²) in [7, 11) is 5.68. The highest BCUT2D eigenvalue weighted by Gasteiger charge is 2.22. The molecule has 1 unspecified atom stereocenters. The second kappa shape index (κ2) is 11.6. The zero-order chi connectivity index (χ0) is 22.5. The van der Waals surface area contributed by atoms with E-state index in [9.17, 15) is 0 Å². The normalized spacial score (nSPS) is 15.6. The van der Waals surface area contributed by atoms with E-state index in [1.54, 1.807) is 7.11 Å². The molecule has 3 aromatic rings. The smallest absolute Gasteiger partial charge is 0.191 e. The summed E-state index contributed by atoms with van der Waals surface area (Å²) >= 11 is 0. The molecule has 0 spiro atoms. The number of nitrogens with one attached hydrogen (secondary N) is 2. The SMILES string of the molecule is CCNC(=NCc1cc(N(C)C)nc2ccccc12)NC1CCc2nc(COC)nn2C1.I. The van der Waals surface area contributed by atoms with Gasteiger partial charge in [-0.05, 0) is 31.0 Å². The fourth-order valence-electron chi connectivity index (χ4n) is 3.94. The van der Waals surface area contributed by atoms with Gasteiger partial charge >= 0.3 is 0 Å². The number of hydrogen-bond donors (Lipinski definition) is 2. The quantitative estimate of drug-likeness (QED) is 0.259. The van der Waals surface area contributed by atoms with Crippen LogP contribution >= 0.6 is 24.0 Å². The Hall–Kier alpha value is -2.47. The molecule has 178 valence electrons. The number of nitrogens with zero attached hydrogens (tertiary/aromatic N) is 6. The van der Waals surface area contributed by atoms with Gasteiger partial charge in [-0.3, -0.25) is 0 Å². The number of anilines is 1. The van der Waals surface area contributed by atoms with Crippen LogP contribution < -0.4 is 15.5 Å². The summed E-state index contributed by atoms with van der Waals surface area (Å²) in [5, 5.41) is 12.7. The molecule has 1 atom stereocenters. The highest BCUT2D eigenvalue weighted by atomic mass is 127. The van der Waals surface area contributed by atoms with Crippen LogP contribution in [0.5, 0.6) is 0 Å². The molecule has 3 heterocycles. The van der Waals surface area contributed by atoms with Crippen molar-refractivity contribution in [2.24, 2.45) is 4.99 Å². The Balaban J connectivity index is 0.00000306.